The molecule has 0 atom stereocenters. The maximum absolute atomic E-state index is 13.3. The summed E-state index contributed by atoms with van der Waals surface area (Å²) in [7, 11) is -4.60. The molecule has 0 aromatic heterocycles. The molecule has 0 radical (unpaired) electrons. The molecule has 0 aliphatic rings. The van der Waals surface area contributed by atoms with Gasteiger partial charge in [-0.05, 0) is 24.3 Å². The topological polar surface area (TPSA) is 122 Å². The SMILES string of the molecule is O=C(CN(c1ccccc1)S(=O)(=O)c1ccccc1[N+](=O)[O-])N/N=C\c1ccccc1C(F)(F)F. The van der Waals surface area contributed by atoms with Crippen molar-refractivity contribution in [2.24, 2.45) is 5.10 Å². The van der Waals surface area contributed by atoms with Crippen molar-refractivity contribution in [2.45, 2.75) is 11.1 Å². The number of hydrazone groups is 1. The summed E-state index contributed by atoms with van der Waals surface area (Å²) < 4.78 is 66.6. The van der Waals surface area contributed by atoms with Crippen LogP contribution in [0.1, 0.15) is 11.1 Å². The summed E-state index contributed by atoms with van der Waals surface area (Å²) in [6.07, 6.45) is -3.86. The number of rotatable bonds is 8. The van der Waals surface area contributed by atoms with Crippen LogP contribution < -0.4 is 9.73 Å². The second-order valence-electron chi connectivity index (χ2n) is 6.95. The van der Waals surface area contributed by atoms with Gasteiger partial charge in [-0.25, -0.2) is 13.8 Å². The number of nitro benzene ring substituents is 1. The summed E-state index contributed by atoms with van der Waals surface area (Å²) in [4.78, 5) is 22.4. The number of nitrogens with one attached hydrogen (secondary N) is 1. The minimum Gasteiger partial charge on any atom is -0.271 e. The van der Waals surface area contributed by atoms with Crippen LogP contribution in [0.25, 0.3) is 0 Å². The number of benzene rings is 3. The number of halogens is 3. The Bertz CT molecular complexity index is 1360. The van der Waals surface area contributed by atoms with Crippen LogP contribution >= 0.6 is 0 Å². The monoisotopic (exact) mass is 506 g/mol. The second-order valence-corrected chi connectivity index (χ2v) is 8.78. The van der Waals surface area contributed by atoms with E-state index in [0.29, 0.717) is 4.31 Å². The molecule has 3 rings (SSSR count). The Morgan fingerprint density at radius 3 is 2.26 bits per heavy atom. The first kappa shape index (κ1) is 25.4. The minimum absolute atomic E-state index is 0.0344. The van der Waals surface area contributed by atoms with E-state index >= 15 is 0 Å². The highest BCUT2D eigenvalue weighted by atomic mass is 32.2. The highest BCUT2D eigenvalue weighted by Gasteiger charge is 2.34. The summed E-state index contributed by atoms with van der Waals surface area (Å²) in [5.74, 6) is -0.989. The fraction of sp³-hybridized carbons (Fsp3) is 0.0909. The Hall–Kier alpha value is -4.26. The third kappa shape index (κ3) is 6.00. The van der Waals surface area contributed by atoms with E-state index in [1.54, 1.807) is 6.07 Å². The Kier molecular flexibility index (Phi) is 7.49. The maximum Gasteiger partial charge on any atom is 0.417 e. The third-order valence-electron chi connectivity index (χ3n) is 4.62. The quantitative estimate of drug-likeness (QED) is 0.282. The van der Waals surface area contributed by atoms with Crippen molar-refractivity contribution in [3.8, 4) is 0 Å². The van der Waals surface area contributed by atoms with Crippen molar-refractivity contribution in [3.05, 3.63) is 100 Å². The van der Waals surface area contributed by atoms with Crippen LogP contribution in [0.15, 0.2) is 88.9 Å². The van der Waals surface area contributed by atoms with Crippen molar-refractivity contribution in [1.29, 1.82) is 0 Å². The van der Waals surface area contributed by atoms with Gasteiger partial charge in [0.1, 0.15) is 6.54 Å². The first-order valence-electron chi connectivity index (χ1n) is 9.81. The standard InChI is InChI=1S/C22H17F3N4O5S/c23-22(24,25)18-11-5-4-8-16(18)14-26-27-21(30)15-28(17-9-2-1-3-10-17)35(33,34)20-13-7-6-12-19(20)29(31)32/h1-14H,15H2,(H,27,30)/b26-14-. The van der Waals surface area contributed by atoms with Crippen LogP contribution in [0.2, 0.25) is 0 Å². The highest BCUT2D eigenvalue weighted by Crippen LogP contribution is 2.31. The van der Waals surface area contributed by atoms with Crippen LogP contribution in [-0.4, -0.2) is 32.0 Å². The zero-order valence-corrected chi connectivity index (χ0v) is 18.5. The number of amides is 1. The molecule has 9 nitrogen and oxygen atoms in total. The molecule has 0 aliphatic heterocycles. The molecule has 0 aliphatic carbocycles. The normalized spacial score (nSPS) is 11.9. The molecule has 1 amide bonds. The van der Waals surface area contributed by atoms with Gasteiger partial charge in [0.15, 0.2) is 4.90 Å². The molecule has 3 aromatic rings. The van der Waals surface area contributed by atoms with Gasteiger partial charge in [-0.15, -0.1) is 0 Å². The number of hydrogen-bond acceptors (Lipinski definition) is 6. The minimum atomic E-state index is -4.64. The molecule has 3 aromatic carbocycles. The molecular formula is C22H17F3N4O5S. The Balaban J connectivity index is 1.89. The molecule has 0 saturated carbocycles. The van der Waals surface area contributed by atoms with Gasteiger partial charge in [0.05, 0.1) is 22.4 Å². The number of anilines is 1. The van der Waals surface area contributed by atoms with Gasteiger partial charge < -0.3 is 0 Å². The van der Waals surface area contributed by atoms with E-state index in [9.17, 15) is 36.5 Å². The van der Waals surface area contributed by atoms with Gasteiger partial charge in [-0.1, -0.05) is 48.5 Å². The number of sulfonamides is 1. The van der Waals surface area contributed by atoms with Crippen LogP contribution in [0.4, 0.5) is 24.5 Å². The lowest BCUT2D eigenvalue weighted by molar-refractivity contribution is -0.387. The van der Waals surface area contributed by atoms with Crippen LogP contribution in [-0.2, 0) is 21.0 Å². The lowest BCUT2D eigenvalue weighted by Gasteiger charge is -2.23. The van der Waals surface area contributed by atoms with E-state index in [2.05, 4.69) is 5.10 Å². The largest absolute Gasteiger partial charge is 0.417 e. The van der Waals surface area contributed by atoms with E-state index in [4.69, 9.17) is 0 Å². The van der Waals surface area contributed by atoms with Gasteiger partial charge in [-0.2, -0.15) is 18.3 Å². The summed E-state index contributed by atoms with van der Waals surface area (Å²) in [6, 6.07) is 16.5. The molecule has 35 heavy (non-hydrogen) atoms. The molecular weight excluding hydrogens is 489 g/mol. The van der Waals surface area contributed by atoms with Gasteiger partial charge in [0.25, 0.3) is 21.6 Å². The first-order valence-corrected chi connectivity index (χ1v) is 11.2. The Labute approximate surface area is 197 Å². The van der Waals surface area contributed by atoms with Gasteiger partial charge >= 0.3 is 6.18 Å². The summed E-state index contributed by atoms with van der Waals surface area (Å²) >= 11 is 0. The fourth-order valence-electron chi connectivity index (χ4n) is 3.06. The molecule has 0 fully saturated rings. The first-order chi connectivity index (χ1) is 16.5. The molecule has 0 heterocycles. The molecule has 0 saturated heterocycles. The van der Waals surface area contributed by atoms with Crippen molar-refractivity contribution >= 4 is 33.5 Å². The van der Waals surface area contributed by atoms with Gasteiger partial charge in [0, 0.05) is 11.6 Å². The van der Waals surface area contributed by atoms with E-state index in [-0.39, 0.29) is 11.3 Å². The predicted octanol–water partition coefficient (Wildman–Crippen LogP) is 3.96. The number of hydrogen-bond donors (Lipinski definition) is 1. The molecule has 0 bridgehead atoms. The van der Waals surface area contributed by atoms with Crippen LogP contribution in [0, 0.1) is 10.1 Å². The highest BCUT2D eigenvalue weighted by molar-refractivity contribution is 7.93. The summed E-state index contributed by atoms with van der Waals surface area (Å²) in [5, 5.41) is 14.9. The van der Waals surface area contributed by atoms with E-state index < -0.39 is 49.7 Å². The average Bonchev–Trinajstić information content (AvgIpc) is 2.82. The predicted molar refractivity (Wildman–Crippen MR) is 121 cm³/mol. The van der Waals surface area contributed by atoms with E-state index in [1.165, 1.54) is 48.5 Å². The molecule has 0 unspecified atom stereocenters. The lowest BCUT2D eigenvalue weighted by Crippen LogP contribution is -2.39. The van der Waals surface area contributed by atoms with Gasteiger partial charge in [-0.3, -0.25) is 19.2 Å². The molecule has 1 N–H and O–H groups in total. The van der Waals surface area contributed by atoms with Crippen molar-refractivity contribution < 1.29 is 31.3 Å². The fourth-order valence-corrected chi connectivity index (χ4v) is 4.64. The smallest absolute Gasteiger partial charge is 0.271 e. The lowest BCUT2D eigenvalue weighted by atomic mass is 10.1. The number of para-hydroxylation sites is 2. The van der Waals surface area contributed by atoms with Crippen LogP contribution in [0.5, 0.6) is 0 Å². The number of carbonyl (C=O) groups is 1. The maximum atomic E-state index is 13.3. The third-order valence-corrected chi connectivity index (χ3v) is 6.44. The van der Waals surface area contributed by atoms with Crippen molar-refractivity contribution in [3.63, 3.8) is 0 Å². The number of alkyl halides is 3. The van der Waals surface area contributed by atoms with Crippen molar-refractivity contribution in [2.75, 3.05) is 10.8 Å². The van der Waals surface area contributed by atoms with Gasteiger partial charge in [0.2, 0.25) is 0 Å². The summed E-state index contributed by atoms with van der Waals surface area (Å²) in [5.41, 5.74) is 0.0622. The second kappa shape index (κ2) is 10.3. The number of nitrogens with zero attached hydrogens (tertiary/aromatic N) is 3. The molecule has 0 spiro atoms. The Morgan fingerprint density at radius 2 is 1.60 bits per heavy atom. The average molecular weight is 506 g/mol. The van der Waals surface area contributed by atoms with Crippen LogP contribution in [0.3, 0.4) is 0 Å². The molecule has 182 valence electrons. The number of nitro groups is 1. The molecule has 13 heteroatoms. The summed E-state index contributed by atoms with van der Waals surface area (Å²) in [6.45, 7) is -0.851. The Morgan fingerprint density at radius 1 is 1.00 bits per heavy atom. The zero-order chi connectivity index (χ0) is 25.6. The van der Waals surface area contributed by atoms with E-state index in [0.717, 1.165) is 30.5 Å². The van der Waals surface area contributed by atoms with Crippen molar-refractivity contribution in [1.82, 2.24) is 5.43 Å². The van der Waals surface area contributed by atoms with E-state index in [1.807, 2.05) is 5.43 Å². The number of carbonyl (C=O) groups excluding carboxylic acids is 1. The zero-order valence-electron chi connectivity index (χ0n) is 17.7.